The molecule has 3 aromatic rings. The van der Waals surface area contributed by atoms with E-state index < -0.39 is 0 Å². The topological polar surface area (TPSA) is 54.9 Å². The average Bonchev–Trinajstić information content (AvgIpc) is 2.47. The fraction of sp³-hybridized carbons (Fsp3) is 0. The van der Waals surface area contributed by atoms with Crippen LogP contribution in [-0.4, -0.2) is 15.9 Å². The highest BCUT2D eigenvalue weighted by atomic mass is 79.9. The van der Waals surface area contributed by atoms with Gasteiger partial charge in [0.25, 0.3) is 5.91 Å². The standard InChI is InChI=1S/C15H10BrN3O/c16-10-4-3-5-11(8-10)18-15(20)14-9-17-12-6-1-2-7-13(12)19-14/h1-9H,(H,18,20). The van der Waals surface area contributed by atoms with Gasteiger partial charge in [-0.1, -0.05) is 34.1 Å². The van der Waals surface area contributed by atoms with Crippen molar-refractivity contribution in [3.05, 3.63) is 64.9 Å². The number of fused-ring (bicyclic) bond motifs is 1. The summed E-state index contributed by atoms with van der Waals surface area (Å²) in [5.41, 5.74) is 2.48. The molecule has 0 unspecified atom stereocenters. The number of aromatic nitrogens is 2. The molecule has 0 aliphatic carbocycles. The summed E-state index contributed by atoms with van der Waals surface area (Å²) in [6.07, 6.45) is 1.48. The number of hydrogen-bond donors (Lipinski definition) is 1. The lowest BCUT2D eigenvalue weighted by Crippen LogP contribution is -2.14. The van der Waals surface area contributed by atoms with Crippen molar-refractivity contribution in [2.45, 2.75) is 0 Å². The summed E-state index contributed by atoms with van der Waals surface area (Å²) >= 11 is 3.36. The summed E-state index contributed by atoms with van der Waals surface area (Å²) in [4.78, 5) is 20.7. The lowest BCUT2D eigenvalue weighted by molar-refractivity contribution is 0.102. The molecule has 20 heavy (non-hydrogen) atoms. The first-order valence-electron chi connectivity index (χ1n) is 6.01. The first kappa shape index (κ1) is 12.7. The molecule has 0 spiro atoms. The van der Waals surface area contributed by atoms with Gasteiger partial charge in [-0.15, -0.1) is 0 Å². The smallest absolute Gasteiger partial charge is 0.275 e. The Bertz CT molecular complexity index is 789. The summed E-state index contributed by atoms with van der Waals surface area (Å²) < 4.78 is 0.903. The summed E-state index contributed by atoms with van der Waals surface area (Å²) in [6.45, 7) is 0. The summed E-state index contributed by atoms with van der Waals surface area (Å²) in [5.74, 6) is -0.277. The zero-order valence-electron chi connectivity index (χ0n) is 10.4. The number of halogens is 1. The van der Waals surface area contributed by atoms with Crippen molar-refractivity contribution in [1.29, 1.82) is 0 Å². The molecule has 0 radical (unpaired) electrons. The van der Waals surface area contributed by atoms with E-state index in [2.05, 4.69) is 31.2 Å². The van der Waals surface area contributed by atoms with Crippen LogP contribution < -0.4 is 5.32 Å². The molecule has 1 aromatic heterocycles. The Morgan fingerprint density at radius 3 is 2.65 bits per heavy atom. The van der Waals surface area contributed by atoms with Crippen LogP contribution >= 0.6 is 15.9 Å². The van der Waals surface area contributed by atoms with Gasteiger partial charge in [0.15, 0.2) is 0 Å². The van der Waals surface area contributed by atoms with Gasteiger partial charge in [0.05, 0.1) is 17.2 Å². The molecule has 1 amide bonds. The van der Waals surface area contributed by atoms with Gasteiger partial charge in [-0.05, 0) is 30.3 Å². The maximum absolute atomic E-state index is 12.1. The van der Waals surface area contributed by atoms with Gasteiger partial charge in [-0.3, -0.25) is 9.78 Å². The Kier molecular flexibility index (Phi) is 3.43. The van der Waals surface area contributed by atoms with Crippen LogP contribution in [0.1, 0.15) is 10.5 Å². The van der Waals surface area contributed by atoms with Crippen LogP contribution in [0.3, 0.4) is 0 Å². The zero-order chi connectivity index (χ0) is 13.9. The number of anilines is 1. The molecule has 1 N–H and O–H groups in total. The molecule has 5 heteroatoms. The van der Waals surface area contributed by atoms with Crippen molar-refractivity contribution in [2.75, 3.05) is 5.32 Å². The largest absolute Gasteiger partial charge is 0.321 e. The van der Waals surface area contributed by atoms with E-state index in [4.69, 9.17) is 0 Å². The summed E-state index contributed by atoms with van der Waals surface area (Å²) in [5, 5.41) is 2.79. The van der Waals surface area contributed by atoms with E-state index in [1.54, 1.807) is 0 Å². The van der Waals surface area contributed by atoms with Crippen molar-refractivity contribution in [3.63, 3.8) is 0 Å². The van der Waals surface area contributed by atoms with E-state index >= 15 is 0 Å². The number of hydrogen-bond acceptors (Lipinski definition) is 3. The molecule has 3 rings (SSSR count). The van der Waals surface area contributed by atoms with Gasteiger partial charge in [0, 0.05) is 10.2 Å². The van der Waals surface area contributed by atoms with Gasteiger partial charge in [-0.2, -0.15) is 0 Å². The minimum Gasteiger partial charge on any atom is -0.321 e. The first-order valence-corrected chi connectivity index (χ1v) is 6.80. The monoisotopic (exact) mass is 327 g/mol. The Hall–Kier alpha value is -2.27. The molecule has 4 nitrogen and oxygen atoms in total. The van der Waals surface area contributed by atoms with Crippen LogP contribution in [-0.2, 0) is 0 Å². The van der Waals surface area contributed by atoms with E-state index in [0.29, 0.717) is 16.9 Å². The molecule has 0 saturated carbocycles. The molecule has 2 aromatic carbocycles. The molecule has 0 saturated heterocycles. The highest BCUT2D eigenvalue weighted by molar-refractivity contribution is 9.10. The van der Waals surface area contributed by atoms with Crippen molar-refractivity contribution < 1.29 is 4.79 Å². The van der Waals surface area contributed by atoms with Gasteiger partial charge in [0.1, 0.15) is 5.69 Å². The fourth-order valence-corrected chi connectivity index (χ4v) is 2.23. The van der Waals surface area contributed by atoms with E-state index in [-0.39, 0.29) is 5.91 Å². The first-order chi connectivity index (χ1) is 9.72. The molecule has 0 fully saturated rings. The molecule has 98 valence electrons. The third-order valence-corrected chi connectivity index (χ3v) is 3.26. The Labute approximate surface area is 124 Å². The zero-order valence-corrected chi connectivity index (χ0v) is 12.0. The average molecular weight is 328 g/mol. The van der Waals surface area contributed by atoms with E-state index in [1.807, 2.05) is 48.5 Å². The third kappa shape index (κ3) is 2.67. The molecule has 0 atom stereocenters. The van der Waals surface area contributed by atoms with Gasteiger partial charge in [-0.25, -0.2) is 4.98 Å². The molecule has 0 bridgehead atoms. The van der Waals surface area contributed by atoms with Crippen LogP contribution in [0.2, 0.25) is 0 Å². The maximum atomic E-state index is 12.1. The second kappa shape index (κ2) is 5.38. The van der Waals surface area contributed by atoms with Crippen molar-refractivity contribution >= 4 is 38.6 Å². The van der Waals surface area contributed by atoms with Crippen molar-refractivity contribution in [1.82, 2.24) is 9.97 Å². The van der Waals surface area contributed by atoms with Crippen LogP contribution in [0.25, 0.3) is 11.0 Å². The highest BCUT2D eigenvalue weighted by Crippen LogP contribution is 2.16. The van der Waals surface area contributed by atoms with Crippen LogP contribution in [0.4, 0.5) is 5.69 Å². The quantitative estimate of drug-likeness (QED) is 0.781. The van der Waals surface area contributed by atoms with Crippen molar-refractivity contribution in [2.24, 2.45) is 0 Å². The van der Waals surface area contributed by atoms with E-state index in [9.17, 15) is 4.79 Å². The number of rotatable bonds is 2. The summed E-state index contributed by atoms with van der Waals surface area (Å²) in [6, 6.07) is 14.8. The highest BCUT2D eigenvalue weighted by Gasteiger charge is 2.09. The maximum Gasteiger partial charge on any atom is 0.275 e. The van der Waals surface area contributed by atoms with Gasteiger partial charge >= 0.3 is 0 Å². The number of carbonyl (C=O) groups excluding carboxylic acids is 1. The lowest BCUT2D eigenvalue weighted by atomic mass is 10.3. The number of benzene rings is 2. The minimum absolute atomic E-state index is 0.277. The molecule has 1 heterocycles. The van der Waals surface area contributed by atoms with Gasteiger partial charge in [0.2, 0.25) is 0 Å². The number of para-hydroxylation sites is 2. The lowest BCUT2D eigenvalue weighted by Gasteiger charge is -2.05. The number of nitrogens with zero attached hydrogens (tertiary/aromatic N) is 2. The molecule has 0 aliphatic rings. The minimum atomic E-state index is -0.277. The SMILES string of the molecule is O=C(Nc1cccc(Br)c1)c1cnc2ccccc2n1. The van der Waals surface area contributed by atoms with E-state index in [1.165, 1.54) is 6.20 Å². The van der Waals surface area contributed by atoms with Crippen LogP contribution in [0.15, 0.2) is 59.2 Å². The van der Waals surface area contributed by atoms with E-state index in [0.717, 1.165) is 9.99 Å². The normalized spacial score (nSPS) is 10.4. The Balaban J connectivity index is 1.88. The number of carbonyl (C=O) groups is 1. The predicted octanol–water partition coefficient (Wildman–Crippen LogP) is 3.64. The van der Waals surface area contributed by atoms with Crippen LogP contribution in [0.5, 0.6) is 0 Å². The second-order valence-corrected chi connectivity index (χ2v) is 5.12. The third-order valence-electron chi connectivity index (χ3n) is 2.76. The number of nitrogens with one attached hydrogen (secondary N) is 1. The predicted molar refractivity (Wildman–Crippen MR) is 81.6 cm³/mol. The molecule has 0 aliphatic heterocycles. The molecular formula is C15H10BrN3O. The van der Waals surface area contributed by atoms with Crippen LogP contribution in [0, 0.1) is 0 Å². The Morgan fingerprint density at radius 1 is 1.05 bits per heavy atom. The molecular weight excluding hydrogens is 318 g/mol. The Morgan fingerprint density at radius 2 is 1.85 bits per heavy atom. The van der Waals surface area contributed by atoms with Crippen molar-refractivity contribution in [3.8, 4) is 0 Å². The fourth-order valence-electron chi connectivity index (χ4n) is 1.83. The summed E-state index contributed by atoms with van der Waals surface area (Å²) in [7, 11) is 0. The van der Waals surface area contributed by atoms with Gasteiger partial charge < -0.3 is 5.32 Å². The number of amides is 1. The second-order valence-electron chi connectivity index (χ2n) is 4.21.